The fraction of sp³-hybridized carbons (Fsp3) is 0.263. The summed E-state index contributed by atoms with van der Waals surface area (Å²) < 4.78 is 5.79. The molecular weight excluding hydrogens is 350 g/mol. The molecule has 1 aliphatic rings. The quantitative estimate of drug-likeness (QED) is 0.661. The molecule has 1 N–H and O–H groups in total. The van der Waals surface area contributed by atoms with Crippen molar-refractivity contribution in [3.63, 3.8) is 0 Å². The third-order valence-electron chi connectivity index (χ3n) is 4.39. The average Bonchev–Trinajstić information content (AvgIpc) is 2.72. The molecule has 2 aromatic rings. The van der Waals surface area contributed by atoms with Crippen LogP contribution >= 0.6 is 0 Å². The van der Waals surface area contributed by atoms with Gasteiger partial charge in [0, 0.05) is 36.5 Å². The Hall–Kier alpha value is -3.42. The number of ether oxygens (including phenoxy) is 1. The number of nitrogens with one attached hydrogen (secondary N) is 1. The van der Waals surface area contributed by atoms with Crippen LogP contribution in [-0.4, -0.2) is 30.4 Å². The van der Waals surface area contributed by atoms with Gasteiger partial charge in [0.2, 0.25) is 5.91 Å². The summed E-state index contributed by atoms with van der Waals surface area (Å²) in [6.07, 6.45) is 0. The third-order valence-corrected chi connectivity index (χ3v) is 4.39. The largest absolute Gasteiger partial charge is 0.490 e. The second kappa shape index (κ2) is 6.71. The van der Waals surface area contributed by atoms with Crippen molar-refractivity contribution in [1.82, 2.24) is 0 Å². The maximum Gasteiger partial charge on any atom is 0.269 e. The Kier molecular flexibility index (Phi) is 4.57. The van der Waals surface area contributed by atoms with Crippen LogP contribution in [0.5, 0.6) is 5.75 Å². The lowest BCUT2D eigenvalue weighted by Gasteiger charge is -2.24. The Labute approximate surface area is 155 Å². The SMILES string of the molecule is CN1C(=O)C(C)(C)COc2cc(NC(=O)c3ccc([N+](=O)[O-])cc3)ccc21. The van der Waals surface area contributed by atoms with Crippen LogP contribution in [-0.2, 0) is 4.79 Å². The lowest BCUT2D eigenvalue weighted by Crippen LogP contribution is -2.39. The summed E-state index contributed by atoms with van der Waals surface area (Å²) in [5.41, 5.74) is 0.678. The number of nitro groups is 1. The minimum absolute atomic E-state index is 0.0519. The van der Waals surface area contributed by atoms with Crippen molar-refractivity contribution >= 4 is 28.9 Å². The first-order valence-electron chi connectivity index (χ1n) is 8.30. The molecule has 2 amide bonds. The molecule has 1 aliphatic heterocycles. The molecule has 0 bridgehead atoms. The molecule has 0 spiro atoms. The van der Waals surface area contributed by atoms with Gasteiger partial charge >= 0.3 is 0 Å². The van der Waals surface area contributed by atoms with Crippen molar-refractivity contribution in [2.75, 3.05) is 23.9 Å². The lowest BCUT2D eigenvalue weighted by molar-refractivity contribution is -0.384. The lowest BCUT2D eigenvalue weighted by atomic mass is 9.93. The highest BCUT2D eigenvalue weighted by atomic mass is 16.6. The molecule has 2 aromatic carbocycles. The van der Waals surface area contributed by atoms with Gasteiger partial charge in [0.15, 0.2) is 0 Å². The van der Waals surface area contributed by atoms with Gasteiger partial charge in [-0.25, -0.2) is 0 Å². The monoisotopic (exact) mass is 369 g/mol. The smallest absolute Gasteiger partial charge is 0.269 e. The van der Waals surface area contributed by atoms with Gasteiger partial charge in [-0.2, -0.15) is 0 Å². The zero-order valence-corrected chi connectivity index (χ0v) is 15.2. The van der Waals surface area contributed by atoms with Crippen LogP contribution in [0.4, 0.5) is 17.1 Å². The molecule has 140 valence electrons. The van der Waals surface area contributed by atoms with E-state index in [0.29, 0.717) is 22.7 Å². The standard InChI is InChI=1S/C19H19N3O5/c1-19(2)11-27-16-10-13(6-9-15(16)21(3)18(19)24)20-17(23)12-4-7-14(8-5-12)22(25)26/h4-10H,11H2,1-3H3,(H,20,23). The van der Waals surface area contributed by atoms with Crippen molar-refractivity contribution in [3.05, 3.63) is 58.1 Å². The number of benzene rings is 2. The number of hydrogen-bond acceptors (Lipinski definition) is 5. The van der Waals surface area contributed by atoms with Crippen LogP contribution in [0.2, 0.25) is 0 Å². The first-order chi connectivity index (χ1) is 12.7. The number of amides is 2. The summed E-state index contributed by atoms with van der Waals surface area (Å²) in [5.74, 6) is 0.0464. The molecule has 0 radical (unpaired) electrons. The Morgan fingerprint density at radius 2 is 1.89 bits per heavy atom. The fourth-order valence-electron chi connectivity index (χ4n) is 2.81. The molecule has 8 heteroatoms. The molecule has 0 fully saturated rings. The Morgan fingerprint density at radius 1 is 1.22 bits per heavy atom. The van der Waals surface area contributed by atoms with E-state index in [-0.39, 0.29) is 18.2 Å². The van der Waals surface area contributed by atoms with Gasteiger partial charge in [-0.05, 0) is 38.1 Å². The van der Waals surface area contributed by atoms with E-state index in [4.69, 9.17) is 4.74 Å². The Bertz CT molecular complexity index is 921. The molecule has 0 unspecified atom stereocenters. The molecule has 3 rings (SSSR count). The molecule has 0 saturated carbocycles. The number of carbonyl (C=O) groups is 2. The fourth-order valence-corrected chi connectivity index (χ4v) is 2.81. The van der Waals surface area contributed by atoms with Crippen molar-refractivity contribution in [2.24, 2.45) is 5.41 Å². The van der Waals surface area contributed by atoms with E-state index in [1.54, 1.807) is 30.1 Å². The first kappa shape index (κ1) is 18.4. The molecule has 8 nitrogen and oxygen atoms in total. The van der Waals surface area contributed by atoms with Gasteiger partial charge in [0.05, 0.1) is 16.0 Å². The van der Waals surface area contributed by atoms with Gasteiger partial charge in [0.25, 0.3) is 11.6 Å². The van der Waals surface area contributed by atoms with E-state index in [1.807, 2.05) is 13.8 Å². The topological polar surface area (TPSA) is 102 Å². The van der Waals surface area contributed by atoms with Crippen LogP contribution in [0, 0.1) is 15.5 Å². The van der Waals surface area contributed by atoms with E-state index in [2.05, 4.69) is 5.32 Å². The number of nitrogens with zero attached hydrogens (tertiary/aromatic N) is 2. The maximum atomic E-state index is 12.5. The zero-order chi connectivity index (χ0) is 19.8. The van der Waals surface area contributed by atoms with Crippen LogP contribution in [0.3, 0.4) is 0 Å². The minimum Gasteiger partial charge on any atom is -0.490 e. The molecule has 0 aliphatic carbocycles. The normalized spacial score (nSPS) is 15.4. The highest BCUT2D eigenvalue weighted by molar-refractivity contribution is 6.05. The van der Waals surface area contributed by atoms with Crippen LogP contribution in [0.15, 0.2) is 42.5 Å². The molecular formula is C19H19N3O5. The van der Waals surface area contributed by atoms with Crippen molar-refractivity contribution in [3.8, 4) is 5.75 Å². The summed E-state index contributed by atoms with van der Waals surface area (Å²) in [6, 6.07) is 10.4. The van der Waals surface area contributed by atoms with Crippen LogP contribution in [0.1, 0.15) is 24.2 Å². The van der Waals surface area contributed by atoms with Gasteiger partial charge in [0.1, 0.15) is 12.4 Å². The predicted molar refractivity (Wildman–Crippen MR) is 100 cm³/mol. The number of carbonyl (C=O) groups excluding carboxylic acids is 2. The van der Waals surface area contributed by atoms with Gasteiger partial charge < -0.3 is 15.0 Å². The van der Waals surface area contributed by atoms with Gasteiger partial charge in [-0.3, -0.25) is 19.7 Å². The van der Waals surface area contributed by atoms with E-state index < -0.39 is 16.2 Å². The highest BCUT2D eigenvalue weighted by Gasteiger charge is 2.36. The summed E-state index contributed by atoms with van der Waals surface area (Å²) in [5, 5.41) is 13.4. The maximum absolute atomic E-state index is 12.5. The summed E-state index contributed by atoms with van der Waals surface area (Å²) in [7, 11) is 1.69. The highest BCUT2D eigenvalue weighted by Crippen LogP contribution is 2.37. The molecule has 0 atom stereocenters. The zero-order valence-electron chi connectivity index (χ0n) is 15.2. The second-order valence-electron chi connectivity index (χ2n) is 6.98. The molecule has 27 heavy (non-hydrogen) atoms. The summed E-state index contributed by atoms with van der Waals surface area (Å²) in [4.78, 5) is 36.6. The second-order valence-corrected chi connectivity index (χ2v) is 6.98. The number of non-ortho nitro benzene ring substituents is 1. The average molecular weight is 369 g/mol. The van der Waals surface area contributed by atoms with Gasteiger partial charge in [-0.15, -0.1) is 0 Å². The molecule has 0 aromatic heterocycles. The molecule has 0 saturated heterocycles. The van der Waals surface area contributed by atoms with Crippen LogP contribution < -0.4 is 15.0 Å². The van der Waals surface area contributed by atoms with Gasteiger partial charge in [-0.1, -0.05) is 0 Å². The van der Waals surface area contributed by atoms with Crippen molar-refractivity contribution in [2.45, 2.75) is 13.8 Å². The van der Waals surface area contributed by atoms with Crippen LogP contribution in [0.25, 0.3) is 0 Å². The first-order valence-corrected chi connectivity index (χ1v) is 8.30. The molecule has 1 heterocycles. The summed E-state index contributed by atoms with van der Waals surface area (Å²) in [6.45, 7) is 3.85. The summed E-state index contributed by atoms with van der Waals surface area (Å²) >= 11 is 0. The van der Waals surface area contributed by atoms with E-state index >= 15 is 0 Å². The number of nitro benzene ring substituents is 1. The third kappa shape index (κ3) is 3.59. The van der Waals surface area contributed by atoms with E-state index in [9.17, 15) is 19.7 Å². The van der Waals surface area contributed by atoms with Crippen molar-refractivity contribution in [1.29, 1.82) is 0 Å². The number of hydrogen-bond donors (Lipinski definition) is 1. The van der Waals surface area contributed by atoms with Crippen molar-refractivity contribution < 1.29 is 19.2 Å². The number of anilines is 2. The number of fused-ring (bicyclic) bond motifs is 1. The predicted octanol–water partition coefficient (Wildman–Crippen LogP) is 3.23. The number of rotatable bonds is 3. The van der Waals surface area contributed by atoms with E-state index in [0.717, 1.165) is 0 Å². The Morgan fingerprint density at radius 3 is 2.52 bits per heavy atom. The minimum atomic E-state index is -0.657. The van der Waals surface area contributed by atoms with E-state index in [1.165, 1.54) is 24.3 Å². The Balaban J connectivity index is 1.81.